The van der Waals surface area contributed by atoms with E-state index < -0.39 is 0 Å². The molecule has 5 heteroatoms. The number of carbonyl (C=O) groups is 1. The Kier molecular flexibility index (Phi) is 3.82. The summed E-state index contributed by atoms with van der Waals surface area (Å²) < 4.78 is 1.02. The number of carbonyl (C=O) groups excluding carboxylic acids is 1. The van der Waals surface area contributed by atoms with E-state index in [1.165, 1.54) is 18.6 Å². The minimum absolute atomic E-state index is 0.221. The number of halogens is 1. The van der Waals surface area contributed by atoms with Gasteiger partial charge in [-0.25, -0.2) is 4.98 Å². The van der Waals surface area contributed by atoms with Crippen LogP contribution in [0.15, 0.2) is 47.3 Å². The Morgan fingerprint density at radius 1 is 1.24 bits per heavy atom. The second-order valence-electron chi connectivity index (χ2n) is 3.40. The van der Waals surface area contributed by atoms with Gasteiger partial charge in [-0.05, 0) is 17.7 Å². The van der Waals surface area contributed by atoms with Gasteiger partial charge in [0, 0.05) is 23.4 Å². The lowest BCUT2D eigenvalue weighted by molar-refractivity contribution is 0.0945. The molecule has 0 bridgehead atoms. The average molecular weight is 292 g/mol. The van der Waals surface area contributed by atoms with E-state index in [9.17, 15) is 4.79 Å². The van der Waals surface area contributed by atoms with Crippen LogP contribution in [-0.2, 0) is 6.54 Å². The van der Waals surface area contributed by atoms with Crippen LogP contribution in [-0.4, -0.2) is 15.9 Å². The molecule has 2 aromatic rings. The van der Waals surface area contributed by atoms with E-state index in [0.717, 1.165) is 10.0 Å². The maximum absolute atomic E-state index is 11.7. The number of benzene rings is 1. The van der Waals surface area contributed by atoms with E-state index in [4.69, 9.17) is 0 Å². The van der Waals surface area contributed by atoms with Crippen molar-refractivity contribution in [1.29, 1.82) is 0 Å². The molecule has 1 heterocycles. The summed E-state index contributed by atoms with van der Waals surface area (Å²) in [5, 5.41) is 2.78. The van der Waals surface area contributed by atoms with Crippen molar-refractivity contribution in [2.24, 2.45) is 0 Å². The first-order valence-corrected chi connectivity index (χ1v) is 5.83. The first-order chi connectivity index (χ1) is 8.25. The van der Waals surface area contributed by atoms with Crippen LogP contribution in [0.4, 0.5) is 0 Å². The number of nitrogens with one attached hydrogen (secondary N) is 1. The number of nitrogens with zero attached hydrogens (tertiary/aromatic N) is 2. The minimum atomic E-state index is -0.221. The van der Waals surface area contributed by atoms with Crippen molar-refractivity contribution in [1.82, 2.24) is 15.3 Å². The molecule has 0 aliphatic heterocycles. The smallest absolute Gasteiger partial charge is 0.271 e. The molecule has 86 valence electrons. The summed E-state index contributed by atoms with van der Waals surface area (Å²) >= 11 is 3.36. The van der Waals surface area contributed by atoms with Gasteiger partial charge in [0.05, 0.1) is 6.20 Å². The number of hydrogen-bond acceptors (Lipinski definition) is 3. The SMILES string of the molecule is O=C(NCc1ccc(Br)cc1)c1cnccn1. The fourth-order valence-corrected chi connectivity index (χ4v) is 1.56. The van der Waals surface area contributed by atoms with Gasteiger partial charge in [-0.2, -0.15) is 0 Å². The highest BCUT2D eigenvalue weighted by atomic mass is 79.9. The van der Waals surface area contributed by atoms with E-state index in [0.29, 0.717) is 12.2 Å². The summed E-state index contributed by atoms with van der Waals surface area (Å²) in [5.41, 5.74) is 1.36. The summed E-state index contributed by atoms with van der Waals surface area (Å²) in [6, 6.07) is 7.76. The molecule has 1 amide bonds. The summed E-state index contributed by atoms with van der Waals surface area (Å²) in [6.07, 6.45) is 4.47. The summed E-state index contributed by atoms with van der Waals surface area (Å²) in [4.78, 5) is 19.4. The monoisotopic (exact) mass is 291 g/mol. The number of aromatic nitrogens is 2. The standard InChI is InChI=1S/C12H10BrN3O/c13-10-3-1-9(2-4-10)7-16-12(17)11-8-14-5-6-15-11/h1-6,8H,7H2,(H,16,17). The molecule has 0 unspecified atom stereocenters. The molecule has 0 spiro atoms. The normalized spacial score (nSPS) is 9.94. The molecule has 0 fully saturated rings. The number of amides is 1. The molecule has 4 nitrogen and oxygen atoms in total. The van der Waals surface area contributed by atoms with Crippen LogP contribution in [0.2, 0.25) is 0 Å². The second kappa shape index (κ2) is 5.54. The van der Waals surface area contributed by atoms with Gasteiger partial charge in [0.1, 0.15) is 5.69 Å². The van der Waals surface area contributed by atoms with E-state index in [2.05, 4.69) is 31.2 Å². The van der Waals surface area contributed by atoms with Gasteiger partial charge in [0.2, 0.25) is 0 Å². The van der Waals surface area contributed by atoms with Crippen molar-refractivity contribution < 1.29 is 4.79 Å². The van der Waals surface area contributed by atoms with Crippen molar-refractivity contribution in [2.75, 3.05) is 0 Å². The highest BCUT2D eigenvalue weighted by molar-refractivity contribution is 9.10. The molecule has 0 atom stereocenters. The van der Waals surface area contributed by atoms with Crippen molar-refractivity contribution >= 4 is 21.8 Å². The van der Waals surface area contributed by atoms with E-state index in [1.807, 2.05) is 24.3 Å². The Morgan fingerprint density at radius 3 is 2.65 bits per heavy atom. The van der Waals surface area contributed by atoms with Crippen LogP contribution in [0.5, 0.6) is 0 Å². The van der Waals surface area contributed by atoms with Crippen LogP contribution < -0.4 is 5.32 Å². The lowest BCUT2D eigenvalue weighted by Gasteiger charge is -2.04. The van der Waals surface area contributed by atoms with Crippen LogP contribution in [0, 0.1) is 0 Å². The zero-order valence-electron chi connectivity index (χ0n) is 8.93. The van der Waals surface area contributed by atoms with Crippen LogP contribution in [0.25, 0.3) is 0 Å². The predicted octanol–water partition coefficient (Wildman–Crippen LogP) is 2.17. The quantitative estimate of drug-likeness (QED) is 0.943. The minimum Gasteiger partial charge on any atom is -0.347 e. The molecular formula is C12H10BrN3O. The van der Waals surface area contributed by atoms with Crippen molar-refractivity contribution in [3.63, 3.8) is 0 Å². The van der Waals surface area contributed by atoms with Gasteiger partial charge in [-0.15, -0.1) is 0 Å². The first-order valence-electron chi connectivity index (χ1n) is 5.04. The number of rotatable bonds is 3. The topological polar surface area (TPSA) is 54.9 Å². The van der Waals surface area contributed by atoms with Crippen LogP contribution in [0.3, 0.4) is 0 Å². The zero-order valence-corrected chi connectivity index (χ0v) is 10.5. The van der Waals surface area contributed by atoms with E-state index in [1.54, 1.807) is 0 Å². The second-order valence-corrected chi connectivity index (χ2v) is 4.32. The van der Waals surface area contributed by atoms with E-state index in [-0.39, 0.29) is 5.91 Å². The van der Waals surface area contributed by atoms with E-state index >= 15 is 0 Å². The highest BCUT2D eigenvalue weighted by Gasteiger charge is 2.05. The molecule has 1 aromatic carbocycles. The van der Waals surface area contributed by atoms with Crippen LogP contribution >= 0.6 is 15.9 Å². The maximum Gasteiger partial charge on any atom is 0.271 e. The van der Waals surface area contributed by atoms with Gasteiger partial charge >= 0.3 is 0 Å². The van der Waals surface area contributed by atoms with Gasteiger partial charge < -0.3 is 5.32 Å². The zero-order chi connectivity index (χ0) is 12.1. The predicted molar refractivity (Wildman–Crippen MR) is 67.3 cm³/mol. The fraction of sp³-hybridized carbons (Fsp3) is 0.0833. The third kappa shape index (κ3) is 3.35. The summed E-state index contributed by atoms with van der Waals surface area (Å²) in [6.45, 7) is 0.475. The molecule has 0 saturated carbocycles. The molecular weight excluding hydrogens is 282 g/mol. The molecule has 2 rings (SSSR count). The molecule has 17 heavy (non-hydrogen) atoms. The third-order valence-electron chi connectivity index (χ3n) is 2.16. The molecule has 0 radical (unpaired) electrons. The van der Waals surface area contributed by atoms with Crippen LogP contribution in [0.1, 0.15) is 16.1 Å². The first kappa shape index (κ1) is 11.7. The summed E-state index contributed by atoms with van der Waals surface area (Å²) in [7, 11) is 0. The fourth-order valence-electron chi connectivity index (χ4n) is 1.29. The Hall–Kier alpha value is -1.75. The summed E-state index contributed by atoms with van der Waals surface area (Å²) in [5.74, 6) is -0.221. The highest BCUT2D eigenvalue weighted by Crippen LogP contribution is 2.10. The Morgan fingerprint density at radius 2 is 2.00 bits per heavy atom. The lowest BCUT2D eigenvalue weighted by atomic mass is 10.2. The average Bonchev–Trinajstić information content (AvgIpc) is 2.39. The van der Waals surface area contributed by atoms with Crippen molar-refractivity contribution in [2.45, 2.75) is 6.54 Å². The van der Waals surface area contributed by atoms with Gasteiger partial charge in [0.25, 0.3) is 5.91 Å². The number of hydrogen-bond donors (Lipinski definition) is 1. The molecule has 1 aromatic heterocycles. The lowest BCUT2D eigenvalue weighted by Crippen LogP contribution is -2.23. The Bertz CT molecular complexity index is 499. The van der Waals surface area contributed by atoms with Gasteiger partial charge in [0.15, 0.2) is 0 Å². The molecule has 0 aliphatic rings. The molecule has 0 saturated heterocycles. The van der Waals surface area contributed by atoms with Crippen molar-refractivity contribution in [3.05, 3.63) is 58.6 Å². The Labute approximate surface area is 107 Å². The molecule has 0 aliphatic carbocycles. The largest absolute Gasteiger partial charge is 0.347 e. The maximum atomic E-state index is 11.7. The van der Waals surface area contributed by atoms with Gasteiger partial charge in [-0.1, -0.05) is 28.1 Å². The molecule has 1 N–H and O–H groups in total. The Balaban J connectivity index is 1.95. The van der Waals surface area contributed by atoms with Crippen molar-refractivity contribution in [3.8, 4) is 0 Å². The van der Waals surface area contributed by atoms with Gasteiger partial charge in [-0.3, -0.25) is 9.78 Å². The third-order valence-corrected chi connectivity index (χ3v) is 2.69.